The molecule has 0 bridgehead atoms. The first-order valence-corrected chi connectivity index (χ1v) is 7.25. The van der Waals surface area contributed by atoms with Crippen LogP contribution in [0.15, 0.2) is 18.2 Å². The van der Waals surface area contributed by atoms with Gasteiger partial charge in [-0.05, 0) is 35.5 Å². The second-order valence-electron chi connectivity index (χ2n) is 4.23. The Kier molecular flexibility index (Phi) is 3.89. The summed E-state index contributed by atoms with van der Waals surface area (Å²) in [5.41, 5.74) is 6.63. The Morgan fingerprint density at radius 3 is 2.95 bits per heavy atom. The van der Waals surface area contributed by atoms with E-state index in [0.717, 1.165) is 0 Å². The van der Waals surface area contributed by atoms with Crippen molar-refractivity contribution in [3.63, 3.8) is 0 Å². The van der Waals surface area contributed by atoms with Gasteiger partial charge in [0.1, 0.15) is 5.82 Å². The average molecular weight is 283 g/mol. The summed E-state index contributed by atoms with van der Waals surface area (Å²) < 4.78 is 26.1. The van der Waals surface area contributed by atoms with Crippen LogP contribution in [0, 0.1) is 5.82 Å². The normalized spacial score (nSPS) is 14.3. The van der Waals surface area contributed by atoms with Gasteiger partial charge >= 0.3 is 0 Å². The Labute approximate surface area is 112 Å². The van der Waals surface area contributed by atoms with Crippen LogP contribution in [0.1, 0.15) is 6.92 Å². The van der Waals surface area contributed by atoms with E-state index in [1.165, 1.54) is 22.9 Å². The van der Waals surface area contributed by atoms with E-state index >= 15 is 0 Å². The largest absolute Gasteiger partial charge is 0.398 e. The molecule has 2 N–H and O–H groups in total. The fourth-order valence-corrected chi connectivity index (χ4v) is 1.94. The number of tetrazole rings is 1. The molecule has 19 heavy (non-hydrogen) atoms. The Hall–Kier alpha value is -1.83. The fraction of sp³-hybridized carbons (Fsp3) is 0.364. The molecular weight excluding hydrogens is 269 g/mol. The van der Waals surface area contributed by atoms with Crippen LogP contribution < -0.4 is 5.73 Å². The number of rotatable bonds is 4. The highest BCUT2D eigenvalue weighted by molar-refractivity contribution is 7.84. The quantitative estimate of drug-likeness (QED) is 0.840. The number of hydrogen-bond acceptors (Lipinski definition) is 5. The molecule has 0 aliphatic carbocycles. The molecule has 2 aromatic rings. The fourth-order valence-electron chi connectivity index (χ4n) is 1.59. The number of halogens is 1. The van der Waals surface area contributed by atoms with Crippen LogP contribution >= 0.6 is 0 Å². The molecule has 0 amide bonds. The monoisotopic (exact) mass is 283 g/mol. The summed E-state index contributed by atoms with van der Waals surface area (Å²) in [7, 11) is -0.991. The highest BCUT2D eigenvalue weighted by atomic mass is 32.2. The third-order valence-electron chi connectivity index (χ3n) is 2.78. The van der Waals surface area contributed by atoms with Crippen molar-refractivity contribution in [3.8, 4) is 11.4 Å². The van der Waals surface area contributed by atoms with Crippen molar-refractivity contribution < 1.29 is 8.60 Å². The first-order chi connectivity index (χ1) is 8.99. The number of nitrogens with two attached hydrogens (primary N) is 1. The van der Waals surface area contributed by atoms with Gasteiger partial charge in [0.05, 0.1) is 11.8 Å². The van der Waals surface area contributed by atoms with Gasteiger partial charge in [0.15, 0.2) is 5.82 Å². The minimum absolute atomic E-state index is 0.114. The third kappa shape index (κ3) is 2.95. The van der Waals surface area contributed by atoms with Crippen LogP contribution in [0.2, 0.25) is 0 Å². The van der Waals surface area contributed by atoms with E-state index in [9.17, 15) is 8.60 Å². The lowest BCUT2D eigenvalue weighted by molar-refractivity contribution is 0.578. The van der Waals surface area contributed by atoms with Crippen molar-refractivity contribution in [2.75, 3.05) is 12.0 Å². The zero-order valence-corrected chi connectivity index (χ0v) is 11.4. The number of nitrogen functional groups attached to an aromatic ring is 1. The van der Waals surface area contributed by atoms with E-state index in [4.69, 9.17) is 5.73 Å². The van der Waals surface area contributed by atoms with Crippen LogP contribution in [0.3, 0.4) is 0 Å². The van der Waals surface area contributed by atoms with E-state index < -0.39 is 16.6 Å². The minimum Gasteiger partial charge on any atom is -0.398 e. The first-order valence-electron chi connectivity index (χ1n) is 5.63. The van der Waals surface area contributed by atoms with Crippen LogP contribution in [-0.2, 0) is 17.3 Å². The molecule has 0 saturated carbocycles. The average Bonchev–Trinajstić information content (AvgIpc) is 2.80. The Bertz CT molecular complexity index is 615. The van der Waals surface area contributed by atoms with Gasteiger partial charge in [0.2, 0.25) is 0 Å². The predicted octanol–water partition coefficient (Wildman–Crippen LogP) is 0.828. The summed E-state index contributed by atoms with van der Waals surface area (Å²) >= 11 is 0. The number of nitrogens with zero attached hydrogens (tertiary/aromatic N) is 4. The van der Waals surface area contributed by atoms with Gasteiger partial charge in [-0.15, -0.1) is 5.10 Å². The SMILES string of the molecule is CC(Cn1nnnc1-c1cc(F)ccc1N)S(C)=O. The number of anilines is 1. The van der Waals surface area contributed by atoms with Crippen molar-refractivity contribution in [2.24, 2.45) is 0 Å². The molecule has 1 aromatic heterocycles. The van der Waals surface area contributed by atoms with Gasteiger partial charge < -0.3 is 5.73 Å². The molecule has 1 heterocycles. The minimum atomic E-state index is -0.991. The molecule has 1 aromatic carbocycles. The lowest BCUT2D eigenvalue weighted by atomic mass is 10.1. The van der Waals surface area contributed by atoms with Gasteiger partial charge in [-0.1, -0.05) is 0 Å². The second kappa shape index (κ2) is 5.43. The highest BCUT2D eigenvalue weighted by Gasteiger charge is 2.16. The standard InChI is InChI=1S/C11H14FN5OS/c1-7(19(2)18)6-17-11(14-15-16-17)9-5-8(12)3-4-10(9)13/h3-5,7H,6,13H2,1-2H3. The molecule has 2 rings (SSSR count). The van der Waals surface area contributed by atoms with E-state index in [1.807, 2.05) is 6.92 Å². The zero-order valence-electron chi connectivity index (χ0n) is 10.6. The Morgan fingerprint density at radius 1 is 1.53 bits per heavy atom. The van der Waals surface area contributed by atoms with Gasteiger partial charge in [0, 0.05) is 28.3 Å². The van der Waals surface area contributed by atoms with Crippen LogP contribution in [0.25, 0.3) is 11.4 Å². The van der Waals surface area contributed by atoms with E-state index in [1.54, 1.807) is 6.26 Å². The lowest BCUT2D eigenvalue weighted by Crippen LogP contribution is -2.19. The lowest BCUT2D eigenvalue weighted by Gasteiger charge is -2.10. The molecular formula is C11H14FN5OS. The summed E-state index contributed by atoms with van der Waals surface area (Å²) in [6.45, 7) is 2.21. The van der Waals surface area contributed by atoms with E-state index in [2.05, 4.69) is 15.5 Å². The van der Waals surface area contributed by atoms with Gasteiger partial charge in [-0.3, -0.25) is 4.21 Å². The molecule has 0 fully saturated rings. The smallest absolute Gasteiger partial charge is 0.184 e. The van der Waals surface area contributed by atoms with Gasteiger partial charge in [-0.2, -0.15) is 0 Å². The number of benzene rings is 1. The van der Waals surface area contributed by atoms with Crippen LogP contribution in [0.4, 0.5) is 10.1 Å². The molecule has 8 heteroatoms. The van der Waals surface area contributed by atoms with Crippen molar-refractivity contribution in [2.45, 2.75) is 18.7 Å². The molecule has 0 saturated heterocycles. The van der Waals surface area contributed by atoms with Crippen molar-refractivity contribution in [1.29, 1.82) is 0 Å². The Balaban J connectivity index is 2.39. The maximum absolute atomic E-state index is 13.3. The molecule has 2 unspecified atom stereocenters. The first kappa shape index (κ1) is 13.6. The zero-order chi connectivity index (χ0) is 14.0. The maximum Gasteiger partial charge on any atom is 0.184 e. The molecule has 102 valence electrons. The summed E-state index contributed by atoms with van der Waals surface area (Å²) in [6.07, 6.45) is 1.62. The second-order valence-corrected chi connectivity index (χ2v) is 6.03. The van der Waals surface area contributed by atoms with Gasteiger partial charge in [-0.25, -0.2) is 9.07 Å². The molecule has 0 radical (unpaired) electrons. The number of hydrogen-bond donors (Lipinski definition) is 1. The third-order valence-corrected chi connectivity index (χ3v) is 4.07. The van der Waals surface area contributed by atoms with Crippen molar-refractivity contribution in [1.82, 2.24) is 20.2 Å². The summed E-state index contributed by atoms with van der Waals surface area (Å²) in [5.74, 6) is -0.0415. The van der Waals surface area contributed by atoms with Crippen LogP contribution in [-0.4, -0.2) is 35.9 Å². The molecule has 0 aliphatic heterocycles. The molecule has 2 atom stereocenters. The predicted molar refractivity (Wildman–Crippen MR) is 71.2 cm³/mol. The highest BCUT2D eigenvalue weighted by Crippen LogP contribution is 2.24. The maximum atomic E-state index is 13.3. The van der Waals surface area contributed by atoms with Gasteiger partial charge in [0.25, 0.3) is 0 Å². The molecule has 6 nitrogen and oxygen atoms in total. The summed E-state index contributed by atoms with van der Waals surface area (Å²) in [5, 5.41) is 11.1. The molecule has 0 aliphatic rings. The van der Waals surface area contributed by atoms with E-state index in [-0.39, 0.29) is 5.25 Å². The van der Waals surface area contributed by atoms with E-state index in [0.29, 0.717) is 23.6 Å². The Morgan fingerprint density at radius 2 is 2.26 bits per heavy atom. The molecule has 0 spiro atoms. The van der Waals surface area contributed by atoms with Crippen molar-refractivity contribution >= 4 is 16.5 Å². The topological polar surface area (TPSA) is 86.7 Å². The summed E-state index contributed by atoms with van der Waals surface area (Å²) in [4.78, 5) is 0. The summed E-state index contributed by atoms with van der Waals surface area (Å²) in [6, 6.07) is 4.02. The number of aromatic nitrogens is 4. The van der Waals surface area contributed by atoms with Crippen molar-refractivity contribution in [3.05, 3.63) is 24.0 Å². The van der Waals surface area contributed by atoms with Crippen LogP contribution in [0.5, 0.6) is 0 Å².